The highest BCUT2D eigenvalue weighted by Crippen LogP contribution is 2.35. The zero-order valence-electron chi connectivity index (χ0n) is 12.2. The Morgan fingerprint density at radius 3 is 3.05 bits per heavy atom. The molecular weight excluding hydrogens is 369 g/mol. The van der Waals surface area contributed by atoms with Gasteiger partial charge in [0.1, 0.15) is 12.4 Å². The van der Waals surface area contributed by atoms with Crippen molar-refractivity contribution in [3.8, 4) is 0 Å². The average Bonchev–Trinajstić information content (AvgIpc) is 2.45. The molecular formula is C15H22INO3. The first kappa shape index (κ1) is 15.8. The fourth-order valence-corrected chi connectivity index (χ4v) is 3.52. The highest BCUT2D eigenvalue weighted by atomic mass is 127. The van der Waals surface area contributed by atoms with Gasteiger partial charge in [0.05, 0.1) is 16.2 Å². The molecule has 1 unspecified atom stereocenters. The molecule has 1 aliphatic carbocycles. The molecule has 0 bridgehead atoms. The van der Waals surface area contributed by atoms with Crippen molar-refractivity contribution in [1.29, 1.82) is 0 Å². The third kappa shape index (κ3) is 3.55. The number of carbonyl (C=O) groups excluding carboxylic acids is 1. The molecule has 5 heteroatoms. The van der Waals surface area contributed by atoms with E-state index in [9.17, 15) is 4.79 Å². The second-order valence-corrected chi connectivity index (χ2v) is 6.22. The molecule has 0 aromatic heterocycles. The first-order valence-corrected chi connectivity index (χ1v) is 8.39. The number of rotatable bonds is 5. The third-order valence-electron chi connectivity index (χ3n) is 3.67. The van der Waals surface area contributed by atoms with Gasteiger partial charge in [-0.25, -0.2) is 4.79 Å². The summed E-state index contributed by atoms with van der Waals surface area (Å²) in [5, 5.41) is 0. The molecule has 1 saturated heterocycles. The van der Waals surface area contributed by atoms with E-state index in [0.29, 0.717) is 13.0 Å². The van der Waals surface area contributed by atoms with Crippen molar-refractivity contribution in [1.82, 2.24) is 4.90 Å². The van der Waals surface area contributed by atoms with Crippen LogP contribution in [0.1, 0.15) is 33.1 Å². The van der Waals surface area contributed by atoms with E-state index in [4.69, 9.17) is 9.47 Å². The Morgan fingerprint density at radius 2 is 2.35 bits per heavy atom. The molecule has 0 radical (unpaired) electrons. The van der Waals surface area contributed by atoms with Crippen LogP contribution in [0.5, 0.6) is 0 Å². The quantitative estimate of drug-likeness (QED) is 0.534. The lowest BCUT2D eigenvalue weighted by atomic mass is 9.96. The van der Waals surface area contributed by atoms with E-state index >= 15 is 0 Å². The van der Waals surface area contributed by atoms with Gasteiger partial charge in [0.2, 0.25) is 0 Å². The number of allylic oxidation sites excluding steroid dienone is 2. The summed E-state index contributed by atoms with van der Waals surface area (Å²) >= 11 is 2.26. The molecule has 0 N–H and O–H groups in total. The van der Waals surface area contributed by atoms with Gasteiger partial charge >= 0.3 is 5.97 Å². The maximum Gasteiger partial charge on any atom is 0.334 e. The molecule has 2 aliphatic rings. The topological polar surface area (TPSA) is 38.8 Å². The monoisotopic (exact) mass is 391 g/mol. The lowest BCUT2D eigenvalue weighted by Gasteiger charge is -2.39. The van der Waals surface area contributed by atoms with Crippen molar-refractivity contribution in [2.24, 2.45) is 0 Å². The summed E-state index contributed by atoms with van der Waals surface area (Å²) in [5.74, 6) is 0.836. The van der Waals surface area contributed by atoms with Gasteiger partial charge in [-0.2, -0.15) is 0 Å². The van der Waals surface area contributed by atoms with E-state index in [0.717, 1.165) is 34.6 Å². The van der Waals surface area contributed by atoms with Gasteiger partial charge in [0, 0.05) is 18.5 Å². The Labute approximate surface area is 134 Å². The van der Waals surface area contributed by atoms with Gasteiger partial charge < -0.3 is 9.47 Å². The second-order valence-electron chi connectivity index (χ2n) is 5.06. The van der Waals surface area contributed by atoms with Crippen molar-refractivity contribution in [2.75, 3.05) is 26.3 Å². The summed E-state index contributed by atoms with van der Waals surface area (Å²) in [4.78, 5) is 14.4. The van der Waals surface area contributed by atoms with Crippen LogP contribution >= 0.6 is 22.6 Å². The number of unbranched alkanes of at least 4 members (excludes halogenated alkanes) is 1. The van der Waals surface area contributed by atoms with E-state index in [1.807, 2.05) is 13.0 Å². The van der Waals surface area contributed by atoms with Crippen LogP contribution in [0.25, 0.3) is 0 Å². The standard InChI is InChI=1S/C15H22INO3/c1-3-5-6-17-7-8-20-14-12(16)9-11(10-13(14)17)15(18)19-4-2/h9,13H,3-8,10H2,1-2H3. The number of halogens is 1. The molecule has 20 heavy (non-hydrogen) atoms. The van der Waals surface area contributed by atoms with Gasteiger partial charge in [-0.1, -0.05) is 13.3 Å². The van der Waals surface area contributed by atoms with Crippen LogP contribution < -0.4 is 0 Å². The Kier molecular flexibility index (Phi) is 5.89. The molecule has 0 aromatic carbocycles. The van der Waals surface area contributed by atoms with Crippen LogP contribution in [-0.2, 0) is 14.3 Å². The van der Waals surface area contributed by atoms with Crippen LogP contribution in [0.4, 0.5) is 0 Å². The largest absolute Gasteiger partial charge is 0.494 e. The number of fused-ring (bicyclic) bond motifs is 1. The van der Waals surface area contributed by atoms with Crippen molar-refractivity contribution < 1.29 is 14.3 Å². The summed E-state index contributed by atoms with van der Waals surface area (Å²) in [7, 11) is 0. The third-order valence-corrected chi connectivity index (χ3v) is 4.51. The minimum Gasteiger partial charge on any atom is -0.494 e. The smallest absolute Gasteiger partial charge is 0.334 e. The molecule has 1 aliphatic heterocycles. The van der Waals surface area contributed by atoms with E-state index in [1.54, 1.807) is 0 Å². The van der Waals surface area contributed by atoms with Crippen LogP contribution in [0, 0.1) is 0 Å². The highest BCUT2D eigenvalue weighted by Gasteiger charge is 2.34. The first-order chi connectivity index (χ1) is 9.67. The Morgan fingerprint density at radius 1 is 1.55 bits per heavy atom. The van der Waals surface area contributed by atoms with Crippen LogP contribution in [0.3, 0.4) is 0 Å². The summed E-state index contributed by atoms with van der Waals surface area (Å²) in [6.45, 7) is 7.20. The zero-order valence-corrected chi connectivity index (χ0v) is 14.3. The van der Waals surface area contributed by atoms with Crippen molar-refractivity contribution in [3.63, 3.8) is 0 Å². The summed E-state index contributed by atoms with van der Waals surface area (Å²) in [5.41, 5.74) is 0.761. The normalized spacial score (nSPS) is 22.9. The van der Waals surface area contributed by atoms with Gasteiger partial charge in [-0.05, 0) is 48.6 Å². The minimum atomic E-state index is -0.193. The molecule has 1 heterocycles. The number of nitrogens with zero attached hydrogens (tertiary/aromatic N) is 1. The van der Waals surface area contributed by atoms with E-state index in [2.05, 4.69) is 34.4 Å². The lowest BCUT2D eigenvalue weighted by molar-refractivity contribution is -0.138. The number of esters is 1. The molecule has 2 rings (SSSR count). The zero-order chi connectivity index (χ0) is 14.5. The molecule has 1 fully saturated rings. The van der Waals surface area contributed by atoms with Crippen molar-refractivity contribution >= 4 is 28.6 Å². The second kappa shape index (κ2) is 7.45. The van der Waals surface area contributed by atoms with Crippen LogP contribution in [0.2, 0.25) is 0 Å². The molecule has 0 saturated carbocycles. The predicted octanol–water partition coefficient (Wildman–Crippen LogP) is 3.03. The predicted molar refractivity (Wildman–Crippen MR) is 86.6 cm³/mol. The number of carbonyl (C=O) groups is 1. The minimum absolute atomic E-state index is 0.193. The Hall–Kier alpha value is -0.560. The lowest BCUT2D eigenvalue weighted by Crippen LogP contribution is -2.46. The fourth-order valence-electron chi connectivity index (χ4n) is 2.63. The molecule has 112 valence electrons. The Bertz CT molecular complexity index is 431. The molecule has 0 spiro atoms. The number of ether oxygens (including phenoxy) is 2. The van der Waals surface area contributed by atoms with Crippen molar-refractivity contribution in [3.05, 3.63) is 21.0 Å². The summed E-state index contributed by atoms with van der Waals surface area (Å²) < 4.78 is 12.0. The van der Waals surface area contributed by atoms with Crippen molar-refractivity contribution in [2.45, 2.75) is 39.2 Å². The maximum absolute atomic E-state index is 12.0. The maximum atomic E-state index is 12.0. The van der Waals surface area contributed by atoms with E-state index in [1.165, 1.54) is 12.8 Å². The Balaban J connectivity index is 2.16. The number of hydrogen-bond donors (Lipinski definition) is 0. The molecule has 0 amide bonds. The van der Waals surface area contributed by atoms with Crippen LogP contribution in [0.15, 0.2) is 21.0 Å². The van der Waals surface area contributed by atoms with Gasteiger partial charge in [-0.3, -0.25) is 4.90 Å². The average molecular weight is 391 g/mol. The number of morpholine rings is 1. The highest BCUT2D eigenvalue weighted by molar-refractivity contribution is 14.1. The summed E-state index contributed by atoms with van der Waals surface area (Å²) in [6.07, 6.45) is 4.97. The summed E-state index contributed by atoms with van der Waals surface area (Å²) in [6, 6.07) is 0.201. The van der Waals surface area contributed by atoms with E-state index in [-0.39, 0.29) is 12.0 Å². The molecule has 0 aromatic rings. The van der Waals surface area contributed by atoms with Gasteiger partial charge in [0.15, 0.2) is 0 Å². The SMILES string of the molecule is CCCCN1CCOC2=C(I)C=C(C(=O)OCC)CC21. The molecule has 4 nitrogen and oxygen atoms in total. The van der Waals surface area contributed by atoms with Gasteiger partial charge in [0.25, 0.3) is 0 Å². The van der Waals surface area contributed by atoms with Crippen LogP contribution in [-0.4, -0.2) is 43.2 Å². The van der Waals surface area contributed by atoms with E-state index < -0.39 is 0 Å². The molecule has 1 atom stereocenters. The van der Waals surface area contributed by atoms with Gasteiger partial charge in [-0.15, -0.1) is 0 Å². The first-order valence-electron chi connectivity index (χ1n) is 7.31. The number of hydrogen-bond acceptors (Lipinski definition) is 4. The fraction of sp³-hybridized carbons (Fsp3) is 0.667.